The number of hydrogen-bond donors (Lipinski definition) is 2. The molecule has 2 N–H and O–H groups in total. The van der Waals surface area contributed by atoms with E-state index in [9.17, 15) is 13.2 Å². The van der Waals surface area contributed by atoms with Gasteiger partial charge in [0, 0.05) is 31.2 Å². The van der Waals surface area contributed by atoms with Gasteiger partial charge in [-0.25, -0.2) is 13.1 Å². The first kappa shape index (κ1) is 24.1. The molecule has 1 amide bonds. The molecule has 0 bridgehead atoms. The molecule has 1 saturated heterocycles. The van der Waals surface area contributed by atoms with Crippen molar-refractivity contribution in [1.82, 2.24) is 10.0 Å². The quantitative estimate of drug-likeness (QED) is 0.460. The molecule has 34 heavy (non-hydrogen) atoms. The normalized spacial score (nSPS) is 16.0. The lowest BCUT2D eigenvalue weighted by Crippen LogP contribution is -2.32. The molecule has 1 heterocycles. The van der Waals surface area contributed by atoms with E-state index < -0.39 is 10.0 Å². The number of amides is 1. The smallest absolute Gasteiger partial charge is 0.251 e. The van der Waals surface area contributed by atoms with Crippen LogP contribution in [-0.2, 0) is 14.8 Å². The number of nitrogens with one attached hydrogen (secondary N) is 2. The molecular weight excluding hydrogens is 448 g/mol. The van der Waals surface area contributed by atoms with Crippen molar-refractivity contribution in [2.24, 2.45) is 0 Å². The Balaban J connectivity index is 1.34. The molecule has 0 radical (unpaired) electrons. The minimum atomic E-state index is -3.64. The summed E-state index contributed by atoms with van der Waals surface area (Å²) >= 11 is 0. The summed E-state index contributed by atoms with van der Waals surface area (Å²) in [6.45, 7) is 1.43. The summed E-state index contributed by atoms with van der Waals surface area (Å²) in [5, 5.41) is 2.97. The van der Waals surface area contributed by atoms with Crippen molar-refractivity contribution < 1.29 is 17.9 Å². The van der Waals surface area contributed by atoms with E-state index >= 15 is 0 Å². The summed E-state index contributed by atoms with van der Waals surface area (Å²) in [5.41, 5.74) is 2.83. The van der Waals surface area contributed by atoms with Crippen LogP contribution in [0.1, 0.15) is 46.7 Å². The molecule has 3 aromatic rings. The van der Waals surface area contributed by atoms with Gasteiger partial charge in [-0.2, -0.15) is 0 Å². The van der Waals surface area contributed by atoms with Gasteiger partial charge in [-0.05, 0) is 54.7 Å². The minimum absolute atomic E-state index is 0.0737. The third-order valence-electron chi connectivity index (χ3n) is 6.07. The fraction of sp³-hybridized carbons (Fsp3) is 0.296. The summed E-state index contributed by atoms with van der Waals surface area (Å²) in [5.74, 6) is -0.0544. The van der Waals surface area contributed by atoms with E-state index in [2.05, 4.69) is 34.3 Å². The fourth-order valence-corrected chi connectivity index (χ4v) is 5.27. The van der Waals surface area contributed by atoms with Gasteiger partial charge in [-0.3, -0.25) is 4.79 Å². The van der Waals surface area contributed by atoms with E-state index in [1.54, 1.807) is 12.1 Å². The first-order valence-corrected chi connectivity index (χ1v) is 13.1. The first-order valence-electron chi connectivity index (χ1n) is 11.6. The molecule has 1 unspecified atom stereocenters. The van der Waals surface area contributed by atoms with Crippen LogP contribution in [0, 0.1) is 0 Å². The number of carbonyl (C=O) groups is 1. The number of rotatable bonds is 10. The second-order valence-corrected chi connectivity index (χ2v) is 10.2. The highest BCUT2D eigenvalue weighted by Gasteiger charge is 2.21. The fourth-order valence-electron chi connectivity index (χ4n) is 4.21. The number of sulfonamides is 1. The molecule has 0 saturated carbocycles. The molecule has 178 valence electrons. The SMILES string of the molecule is O=C(NCCC(c1ccccc1)c1ccccc1)c1ccc(S(=O)(=O)NCC2CCCO2)cc1. The minimum Gasteiger partial charge on any atom is -0.377 e. The lowest BCUT2D eigenvalue weighted by molar-refractivity contribution is 0.0952. The van der Waals surface area contributed by atoms with Gasteiger partial charge in [0.05, 0.1) is 11.0 Å². The Kier molecular flexibility index (Phi) is 8.11. The average Bonchev–Trinajstić information content (AvgIpc) is 3.40. The van der Waals surface area contributed by atoms with Crippen molar-refractivity contribution in [3.05, 3.63) is 102 Å². The zero-order valence-corrected chi connectivity index (χ0v) is 19.8. The lowest BCUT2D eigenvalue weighted by Gasteiger charge is -2.18. The van der Waals surface area contributed by atoms with Gasteiger partial charge in [-0.1, -0.05) is 60.7 Å². The van der Waals surface area contributed by atoms with Crippen LogP contribution in [0.3, 0.4) is 0 Å². The Morgan fingerprint density at radius 3 is 2.09 bits per heavy atom. The number of carbonyl (C=O) groups excluding carboxylic acids is 1. The van der Waals surface area contributed by atoms with Crippen LogP contribution >= 0.6 is 0 Å². The van der Waals surface area contributed by atoms with E-state index in [1.807, 2.05) is 36.4 Å². The van der Waals surface area contributed by atoms with E-state index in [-0.39, 0.29) is 29.4 Å². The van der Waals surface area contributed by atoms with Gasteiger partial charge in [0.2, 0.25) is 10.0 Å². The third kappa shape index (κ3) is 6.32. The van der Waals surface area contributed by atoms with Gasteiger partial charge in [0.15, 0.2) is 0 Å². The van der Waals surface area contributed by atoms with Crippen molar-refractivity contribution in [3.63, 3.8) is 0 Å². The third-order valence-corrected chi connectivity index (χ3v) is 7.51. The molecule has 0 spiro atoms. The molecular formula is C27H30N2O4S. The van der Waals surface area contributed by atoms with E-state index in [1.165, 1.54) is 23.3 Å². The van der Waals surface area contributed by atoms with Crippen molar-refractivity contribution in [2.75, 3.05) is 19.7 Å². The zero-order valence-electron chi connectivity index (χ0n) is 19.0. The van der Waals surface area contributed by atoms with Crippen LogP contribution in [0.4, 0.5) is 0 Å². The molecule has 6 nitrogen and oxygen atoms in total. The second-order valence-electron chi connectivity index (χ2n) is 8.43. The van der Waals surface area contributed by atoms with Gasteiger partial charge in [0.25, 0.3) is 5.91 Å². The Bertz CT molecular complexity index is 1120. The maximum absolute atomic E-state index is 12.7. The molecule has 1 aliphatic heterocycles. The Morgan fingerprint density at radius 1 is 0.912 bits per heavy atom. The largest absolute Gasteiger partial charge is 0.377 e. The standard InChI is InChI=1S/C27H30N2O4S/c30-27(23-13-15-25(16-14-23)34(31,32)29-20-24-12-7-19-33-24)28-18-17-26(21-8-3-1-4-9-21)22-10-5-2-6-11-22/h1-6,8-11,13-16,24,26,29H,7,12,17-20H2,(H,28,30). The lowest BCUT2D eigenvalue weighted by atomic mass is 9.88. The van der Waals surface area contributed by atoms with Crippen molar-refractivity contribution in [3.8, 4) is 0 Å². The van der Waals surface area contributed by atoms with Gasteiger partial charge < -0.3 is 10.1 Å². The van der Waals surface area contributed by atoms with Crippen LogP contribution in [0.25, 0.3) is 0 Å². The van der Waals surface area contributed by atoms with Crippen molar-refractivity contribution in [1.29, 1.82) is 0 Å². The Hall–Kier alpha value is -3.00. The van der Waals surface area contributed by atoms with E-state index in [0.29, 0.717) is 18.7 Å². The van der Waals surface area contributed by atoms with Crippen LogP contribution in [-0.4, -0.2) is 40.1 Å². The first-order chi connectivity index (χ1) is 16.5. The van der Waals surface area contributed by atoms with E-state index in [4.69, 9.17) is 4.74 Å². The molecule has 1 atom stereocenters. The Morgan fingerprint density at radius 2 is 1.53 bits per heavy atom. The summed E-state index contributed by atoms with van der Waals surface area (Å²) in [4.78, 5) is 12.8. The van der Waals surface area contributed by atoms with Crippen molar-refractivity contribution >= 4 is 15.9 Å². The Labute approximate surface area is 201 Å². The molecule has 4 rings (SSSR count). The maximum Gasteiger partial charge on any atom is 0.251 e. The van der Waals surface area contributed by atoms with Crippen molar-refractivity contribution in [2.45, 2.75) is 36.2 Å². The molecule has 7 heteroatoms. The summed E-state index contributed by atoms with van der Waals surface area (Å²) in [6, 6.07) is 26.5. The highest BCUT2D eigenvalue weighted by Crippen LogP contribution is 2.27. The molecule has 0 aliphatic carbocycles. The second kappa shape index (κ2) is 11.4. The predicted octanol–water partition coefficient (Wildman–Crippen LogP) is 4.10. The number of hydrogen-bond acceptors (Lipinski definition) is 4. The van der Waals surface area contributed by atoms with E-state index in [0.717, 1.165) is 19.3 Å². The highest BCUT2D eigenvalue weighted by molar-refractivity contribution is 7.89. The van der Waals surface area contributed by atoms with Crippen LogP contribution in [0.5, 0.6) is 0 Å². The summed E-state index contributed by atoms with van der Waals surface area (Å²) in [6.07, 6.45) is 2.49. The van der Waals surface area contributed by atoms with Crippen LogP contribution in [0.15, 0.2) is 89.8 Å². The van der Waals surface area contributed by atoms with Crippen LogP contribution in [0.2, 0.25) is 0 Å². The van der Waals surface area contributed by atoms with Gasteiger partial charge in [-0.15, -0.1) is 0 Å². The topological polar surface area (TPSA) is 84.5 Å². The van der Waals surface area contributed by atoms with Gasteiger partial charge in [0.1, 0.15) is 0 Å². The van der Waals surface area contributed by atoms with Crippen LogP contribution < -0.4 is 10.0 Å². The maximum atomic E-state index is 12.7. The molecule has 1 fully saturated rings. The number of ether oxygens (including phenoxy) is 1. The predicted molar refractivity (Wildman–Crippen MR) is 132 cm³/mol. The molecule has 1 aliphatic rings. The summed E-state index contributed by atoms with van der Waals surface area (Å²) < 4.78 is 33.1. The molecule has 3 aromatic carbocycles. The monoisotopic (exact) mass is 478 g/mol. The van der Waals surface area contributed by atoms with Gasteiger partial charge >= 0.3 is 0 Å². The zero-order chi connectivity index (χ0) is 23.8. The highest BCUT2D eigenvalue weighted by atomic mass is 32.2. The molecule has 0 aromatic heterocycles. The summed E-state index contributed by atoms with van der Waals surface area (Å²) in [7, 11) is -3.64. The average molecular weight is 479 g/mol. The number of benzene rings is 3.